The number of benzene rings is 1. The molecule has 1 aromatic carbocycles. The first-order chi connectivity index (χ1) is 7.72. The van der Waals surface area contributed by atoms with E-state index in [0.717, 1.165) is 6.42 Å². The van der Waals surface area contributed by atoms with Gasteiger partial charge in [0.05, 0.1) is 0 Å². The molecule has 1 aromatic rings. The van der Waals surface area contributed by atoms with Gasteiger partial charge >= 0.3 is 0 Å². The van der Waals surface area contributed by atoms with Crippen molar-refractivity contribution in [2.75, 3.05) is 13.6 Å². The van der Waals surface area contributed by atoms with Crippen LogP contribution in [-0.4, -0.2) is 25.5 Å². The zero-order valence-electron chi connectivity index (χ0n) is 9.30. The third-order valence-corrected chi connectivity index (χ3v) is 2.06. The molecule has 0 amide bonds. The van der Waals surface area contributed by atoms with Crippen LogP contribution < -0.4 is 16.0 Å². The molecule has 16 heavy (non-hydrogen) atoms. The normalized spacial score (nSPS) is 9.31. The lowest BCUT2D eigenvalue weighted by atomic mass is 10.1. The molecule has 0 aliphatic carbocycles. The maximum absolute atomic E-state index is 7.49. The van der Waals surface area contributed by atoms with Crippen molar-refractivity contribution in [1.29, 1.82) is 10.8 Å². The summed E-state index contributed by atoms with van der Waals surface area (Å²) in [4.78, 5) is 0. The van der Waals surface area contributed by atoms with Crippen molar-refractivity contribution < 1.29 is 0 Å². The zero-order valence-corrected chi connectivity index (χ0v) is 9.30. The second-order valence-corrected chi connectivity index (χ2v) is 3.29. The van der Waals surface area contributed by atoms with Crippen LogP contribution in [0.5, 0.6) is 0 Å². The molecule has 0 unspecified atom stereocenters. The minimum absolute atomic E-state index is 0.109. The maximum Gasteiger partial charge on any atom is 0.195 e. The van der Waals surface area contributed by atoms with Crippen molar-refractivity contribution >= 4 is 11.9 Å². The van der Waals surface area contributed by atoms with Gasteiger partial charge in [0, 0.05) is 13.6 Å². The lowest BCUT2D eigenvalue weighted by Crippen LogP contribution is -2.45. The van der Waals surface area contributed by atoms with Gasteiger partial charge in [-0.1, -0.05) is 30.3 Å². The van der Waals surface area contributed by atoms with E-state index in [1.54, 1.807) is 7.05 Å². The molecule has 0 radical (unpaired) electrons. The molecule has 0 spiro atoms. The van der Waals surface area contributed by atoms with E-state index in [2.05, 4.69) is 16.0 Å². The first kappa shape index (κ1) is 12.0. The monoisotopic (exact) mass is 219 g/mol. The SMILES string of the molecule is CNC(=N)NC(=N)NCCc1ccccc1. The minimum atomic E-state index is 0.109. The fourth-order valence-electron chi connectivity index (χ4n) is 1.21. The van der Waals surface area contributed by atoms with Gasteiger partial charge in [0.1, 0.15) is 0 Å². The van der Waals surface area contributed by atoms with Crippen LogP contribution >= 0.6 is 0 Å². The van der Waals surface area contributed by atoms with Crippen molar-refractivity contribution in [3.8, 4) is 0 Å². The molecular weight excluding hydrogens is 202 g/mol. The maximum atomic E-state index is 7.49. The molecule has 5 nitrogen and oxygen atoms in total. The van der Waals surface area contributed by atoms with E-state index < -0.39 is 0 Å². The van der Waals surface area contributed by atoms with Gasteiger partial charge < -0.3 is 10.6 Å². The Balaban J connectivity index is 2.21. The fourth-order valence-corrected chi connectivity index (χ4v) is 1.21. The summed E-state index contributed by atoms with van der Waals surface area (Å²) in [6.45, 7) is 0.673. The number of guanidine groups is 2. The van der Waals surface area contributed by atoms with Gasteiger partial charge in [-0.05, 0) is 12.0 Å². The minimum Gasteiger partial charge on any atom is -0.359 e. The highest BCUT2D eigenvalue weighted by Crippen LogP contribution is 1.97. The standard InChI is InChI=1S/C11H17N5/c1-14-10(12)16-11(13)15-8-7-9-5-3-2-4-6-9/h2-6H,7-8H2,1H3,(H5,12,13,14,15,16). The topological polar surface area (TPSA) is 83.8 Å². The van der Waals surface area contributed by atoms with Crippen LogP contribution in [0, 0.1) is 10.8 Å². The lowest BCUT2D eigenvalue weighted by molar-refractivity contribution is 0.837. The fraction of sp³-hybridized carbons (Fsp3) is 0.273. The molecular formula is C11H17N5. The van der Waals surface area contributed by atoms with Crippen LogP contribution in [0.25, 0.3) is 0 Å². The van der Waals surface area contributed by atoms with Crippen LogP contribution in [0.4, 0.5) is 0 Å². The van der Waals surface area contributed by atoms with Gasteiger partial charge in [0.15, 0.2) is 11.9 Å². The van der Waals surface area contributed by atoms with E-state index in [1.165, 1.54) is 5.56 Å². The van der Waals surface area contributed by atoms with Crippen molar-refractivity contribution in [3.63, 3.8) is 0 Å². The van der Waals surface area contributed by atoms with Crippen LogP contribution in [0.1, 0.15) is 5.56 Å². The number of hydrogen-bond acceptors (Lipinski definition) is 2. The molecule has 5 heteroatoms. The predicted octanol–water partition coefficient (Wildman–Crippen LogP) is 0.497. The second-order valence-electron chi connectivity index (χ2n) is 3.29. The van der Waals surface area contributed by atoms with E-state index in [9.17, 15) is 0 Å². The van der Waals surface area contributed by atoms with E-state index in [0.29, 0.717) is 6.54 Å². The molecule has 5 N–H and O–H groups in total. The van der Waals surface area contributed by atoms with E-state index >= 15 is 0 Å². The van der Waals surface area contributed by atoms with Gasteiger partial charge in [-0.15, -0.1) is 0 Å². The summed E-state index contributed by atoms with van der Waals surface area (Å²) in [5.41, 5.74) is 1.23. The number of rotatable bonds is 3. The van der Waals surface area contributed by atoms with Gasteiger partial charge in [-0.2, -0.15) is 0 Å². The molecule has 86 valence electrons. The molecule has 0 fully saturated rings. The summed E-state index contributed by atoms with van der Waals surface area (Å²) in [6.07, 6.45) is 0.859. The Morgan fingerprint density at radius 2 is 1.81 bits per heavy atom. The largest absolute Gasteiger partial charge is 0.359 e. The molecule has 0 atom stereocenters. The predicted molar refractivity (Wildman–Crippen MR) is 65.8 cm³/mol. The molecule has 0 aliphatic heterocycles. The van der Waals surface area contributed by atoms with E-state index in [1.807, 2.05) is 30.3 Å². The van der Waals surface area contributed by atoms with E-state index in [4.69, 9.17) is 10.8 Å². The molecule has 0 heterocycles. The number of hydrogen-bond donors (Lipinski definition) is 5. The van der Waals surface area contributed by atoms with Gasteiger partial charge in [0.2, 0.25) is 0 Å². The Hall–Kier alpha value is -2.04. The molecule has 0 aliphatic rings. The van der Waals surface area contributed by atoms with Crippen molar-refractivity contribution in [3.05, 3.63) is 35.9 Å². The third kappa shape index (κ3) is 4.45. The highest BCUT2D eigenvalue weighted by Gasteiger charge is 1.97. The molecule has 1 rings (SSSR count). The average Bonchev–Trinajstić information content (AvgIpc) is 2.30. The Morgan fingerprint density at radius 3 is 2.44 bits per heavy atom. The average molecular weight is 219 g/mol. The summed E-state index contributed by atoms with van der Waals surface area (Å²) >= 11 is 0. The van der Waals surface area contributed by atoms with Crippen molar-refractivity contribution in [2.24, 2.45) is 0 Å². The lowest BCUT2D eigenvalue weighted by Gasteiger charge is -2.10. The molecule has 0 saturated heterocycles. The molecule has 0 saturated carbocycles. The highest BCUT2D eigenvalue weighted by molar-refractivity contribution is 5.95. The number of nitrogens with one attached hydrogen (secondary N) is 5. The smallest absolute Gasteiger partial charge is 0.195 e. The van der Waals surface area contributed by atoms with Crippen LogP contribution in [-0.2, 0) is 6.42 Å². The molecule has 0 aromatic heterocycles. The zero-order chi connectivity index (χ0) is 11.8. The van der Waals surface area contributed by atoms with Gasteiger partial charge in [-0.3, -0.25) is 16.1 Å². The molecule has 0 bridgehead atoms. The summed E-state index contributed by atoms with van der Waals surface area (Å²) in [6, 6.07) is 10.1. The highest BCUT2D eigenvalue weighted by atomic mass is 15.2. The Kier molecular flexibility index (Phi) is 4.85. The Bertz CT molecular complexity index is 347. The van der Waals surface area contributed by atoms with Crippen LogP contribution in [0.3, 0.4) is 0 Å². The first-order valence-corrected chi connectivity index (χ1v) is 5.12. The van der Waals surface area contributed by atoms with Crippen molar-refractivity contribution in [1.82, 2.24) is 16.0 Å². The Labute approximate surface area is 95.3 Å². The van der Waals surface area contributed by atoms with Crippen molar-refractivity contribution in [2.45, 2.75) is 6.42 Å². The second kappa shape index (κ2) is 6.44. The third-order valence-electron chi connectivity index (χ3n) is 2.06. The van der Waals surface area contributed by atoms with Crippen LogP contribution in [0.15, 0.2) is 30.3 Å². The van der Waals surface area contributed by atoms with Gasteiger partial charge in [-0.25, -0.2) is 0 Å². The summed E-state index contributed by atoms with van der Waals surface area (Å²) in [7, 11) is 1.63. The van der Waals surface area contributed by atoms with E-state index in [-0.39, 0.29) is 11.9 Å². The summed E-state index contributed by atoms with van der Waals surface area (Å²) in [5, 5.41) is 22.8. The summed E-state index contributed by atoms with van der Waals surface area (Å²) < 4.78 is 0. The first-order valence-electron chi connectivity index (χ1n) is 5.12. The quantitative estimate of drug-likeness (QED) is 0.379. The summed E-state index contributed by atoms with van der Waals surface area (Å²) in [5.74, 6) is 0.243. The van der Waals surface area contributed by atoms with Gasteiger partial charge in [0.25, 0.3) is 0 Å². The van der Waals surface area contributed by atoms with Crippen LogP contribution in [0.2, 0.25) is 0 Å². The Morgan fingerprint density at radius 1 is 1.12 bits per heavy atom.